The number of nitrogens with zero attached hydrogens (tertiary/aromatic N) is 1. The average Bonchev–Trinajstić information content (AvgIpc) is 2.81. The summed E-state index contributed by atoms with van der Waals surface area (Å²) in [6.07, 6.45) is 3.15. The molecule has 1 atom stereocenters. The third kappa shape index (κ3) is 4.54. The molecule has 0 bridgehead atoms. The standard InChI is InChI=1S/C16H30N2OS/c1-7-9-17-11-14-13(10-12(3)4)18-15(20-14)16(5,8-2)19-6/h12,17H,7-11H2,1-6H3. The number of methoxy groups -OCH3 is 1. The number of hydrogen-bond acceptors (Lipinski definition) is 4. The highest BCUT2D eigenvalue weighted by Crippen LogP contribution is 2.34. The molecule has 0 aromatic carbocycles. The van der Waals surface area contributed by atoms with Crippen LogP contribution in [0.1, 0.15) is 63.0 Å². The van der Waals surface area contributed by atoms with E-state index in [4.69, 9.17) is 9.72 Å². The van der Waals surface area contributed by atoms with Crippen LogP contribution >= 0.6 is 11.3 Å². The van der Waals surface area contributed by atoms with Crippen LogP contribution in [0.15, 0.2) is 0 Å². The summed E-state index contributed by atoms with van der Waals surface area (Å²) in [5, 5.41) is 4.61. The van der Waals surface area contributed by atoms with Crippen molar-refractivity contribution in [2.75, 3.05) is 13.7 Å². The molecule has 0 aliphatic rings. The Labute approximate surface area is 128 Å². The van der Waals surface area contributed by atoms with Crippen molar-refractivity contribution in [1.29, 1.82) is 0 Å². The minimum absolute atomic E-state index is 0.251. The molecule has 1 rings (SSSR count). The normalized spacial score (nSPS) is 14.8. The topological polar surface area (TPSA) is 34.1 Å². The Morgan fingerprint density at radius 2 is 2.05 bits per heavy atom. The van der Waals surface area contributed by atoms with E-state index in [1.807, 2.05) is 11.3 Å². The lowest BCUT2D eigenvalue weighted by Gasteiger charge is -2.23. The predicted molar refractivity (Wildman–Crippen MR) is 87.3 cm³/mol. The quantitative estimate of drug-likeness (QED) is 0.697. The molecule has 0 saturated heterocycles. The van der Waals surface area contributed by atoms with E-state index in [9.17, 15) is 0 Å². The van der Waals surface area contributed by atoms with Crippen molar-refractivity contribution < 1.29 is 4.74 Å². The highest BCUT2D eigenvalue weighted by molar-refractivity contribution is 7.11. The Balaban J connectivity index is 2.98. The summed E-state index contributed by atoms with van der Waals surface area (Å²) < 4.78 is 5.70. The number of rotatable bonds is 9. The maximum Gasteiger partial charge on any atom is 0.125 e. The van der Waals surface area contributed by atoms with Crippen molar-refractivity contribution in [2.24, 2.45) is 5.92 Å². The second-order valence-electron chi connectivity index (χ2n) is 5.95. The number of hydrogen-bond donors (Lipinski definition) is 1. The number of nitrogens with one attached hydrogen (secondary N) is 1. The maximum absolute atomic E-state index is 5.70. The highest BCUT2D eigenvalue weighted by atomic mass is 32.1. The van der Waals surface area contributed by atoms with E-state index in [-0.39, 0.29) is 5.60 Å². The smallest absolute Gasteiger partial charge is 0.125 e. The Bertz CT molecular complexity index is 397. The Morgan fingerprint density at radius 1 is 1.35 bits per heavy atom. The van der Waals surface area contributed by atoms with E-state index in [0.29, 0.717) is 5.92 Å². The fourth-order valence-electron chi connectivity index (χ4n) is 2.06. The van der Waals surface area contributed by atoms with Crippen LogP contribution in [0.4, 0.5) is 0 Å². The first-order chi connectivity index (χ1) is 9.46. The van der Waals surface area contributed by atoms with Crippen molar-refractivity contribution in [3.8, 4) is 0 Å². The summed E-state index contributed by atoms with van der Waals surface area (Å²) in [7, 11) is 1.78. The van der Waals surface area contributed by atoms with E-state index in [2.05, 4.69) is 39.9 Å². The van der Waals surface area contributed by atoms with Gasteiger partial charge >= 0.3 is 0 Å². The van der Waals surface area contributed by atoms with Gasteiger partial charge in [0.2, 0.25) is 0 Å². The van der Waals surface area contributed by atoms with Gasteiger partial charge in [0.15, 0.2) is 0 Å². The molecule has 0 spiro atoms. The highest BCUT2D eigenvalue weighted by Gasteiger charge is 2.29. The Hall–Kier alpha value is -0.450. The lowest BCUT2D eigenvalue weighted by atomic mass is 10.0. The van der Waals surface area contributed by atoms with Gasteiger partial charge in [-0.3, -0.25) is 0 Å². The van der Waals surface area contributed by atoms with Crippen LogP contribution in [0.3, 0.4) is 0 Å². The van der Waals surface area contributed by atoms with E-state index in [0.717, 1.165) is 37.4 Å². The van der Waals surface area contributed by atoms with Gasteiger partial charge in [-0.05, 0) is 38.6 Å². The molecule has 4 heteroatoms. The largest absolute Gasteiger partial charge is 0.371 e. The van der Waals surface area contributed by atoms with Gasteiger partial charge in [-0.1, -0.05) is 27.7 Å². The SMILES string of the molecule is CCCNCc1sc(C(C)(CC)OC)nc1CC(C)C. The van der Waals surface area contributed by atoms with Crippen LogP contribution in [0.25, 0.3) is 0 Å². The van der Waals surface area contributed by atoms with Crippen LogP contribution in [-0.4, -0.2) is 18.6 Å². The second kappa shape index (κ2) is 8.11. The number of thiazole rings is 1. The molecule has 1 aromatic heterocycles. The second-order valence-corrected chi connectivity index (χ2v) is 7.04. The monoisotopic (exact) mass is 298 g/mol. The molecule has 3 nitrogen and oxygen atoms in total. The van der Waals surface area contributed by atoms with Crippen LogP contribution in [-0.2, 0) is 23.3 Å². The molecular weight excluding hydrogens is 268 g/mol. The van der Waals surface area contributed by atoms with Gasteiger partial charge in [0, 0.05) is 18.5 Å². The van der Waals surface area contributed by atoms with Crippen molar-refractivity contribution in [1.82, 2.24) is 10.3 Å². The summed E-state index contributed by atoms with van der Waals surface area (Å²) >= 11 is 1.81. The minimum Gasteiger partial charge on any atom is -0.371 e. The molecule has 0 aliphatic heterocycles. The van der Waals surface area contributed by atoms with Gasteiger partial charge in [-0.25, -0.2) is 4.98 Å². The Kier molecular flexibility index (Phi) is 7.13. The first kappa shape index (κ1) is 17.6. The van der Waals surface area contributed by atoms with E-state index < -0.39 is 0 Å². The number of aromatic nitrogens is 1. The Morgan fingerprint density at radius 3 is 2.55 bits per heavy atom. The fourth-order valence-corrected chi connectivity index (χ4v) is 3.31. The molecule has 116 valence electrons. The van der Waals surface area contributed by atoms with Gasteiger partial charge in [-0.2, -0.15) is 0 Å². The van der Waals surface area contributed by atoms with E-state index in [1.165, 1.54) is 10.6 Å². The summed E-state index contributed by atoms with van der Waals surface area (Å²) in [5.41, 5.74) is 1.000. The molecule has 1 unspecified atom stereocenters. The first-order valence-corrected chi connectivity index (χ1v) is 8.53. The van der Waals surface area contributed by atoms with Crippen molar-refractivity contribution >= 4 is 11.3 Å². The zero-order chi connectivity index (χ0) is 15.2. The number of ether oxygens (including phenoxy) is 1. The van der Waals surface area contributed by atoms with Crippen LogP contribution < -0.4 is 5.32 Å². The fraction of sp³-hybridized carbons (Fsp3) is 0.812. The maximum atomic E-state index is 5.70. The molecule has 1 heterocycles. The van der Waals surface area contributed by atoms with Crippen molar-refractivity contribution in [3.05, 3.63) is 15.6 Å². The summed E-state index contributed by atoms with van der Waals surface area (Å²) in [5.74, 6) is 0.630. The minimum atomic E-state index is -0.251. The third-order valence-electron chi connectivity index (χ3n) is 3.67. The summed E-state index contributed by atoms with van der Waals surface area (Å²) in [4.78, 5) is 6.27. The van der Waals surface area contributed by atoms with Gasteiger partial charge in [0.25, 0.3) is 0 Å². The van der Waals surface area contributed by atoms with Gasteiger partial charge in [-0.15, -0.1) is 11.3 Å². The van der Waals surface area contributed by atoms with Gasteiger partial charge in [0.1, 0.15) is 10.6 Å². The van der Waals surface area contributed by atoms with E-state index >= 15 is 0 Å². The van der Waals surface area contributed by atoms with Gasteiger partial charge < -0.3 is 10.1 Å². The molecule has 1 aromatic rings. The zero-order valence-electron chi connectivity index (χ0n) is 13.9. The molecule has 0 radical (unpaired) electrons. The van der Waals surface area contributed by atoms with Gasteiger partial charge in [0.05, 0.1) is 5.69 Å². The predicted octanol–water partition coefficient (Wildman–Crippen LogP) is 4.11. The molecule has 20 heavy (non-hydrogen) atoms. The van der Waals surface area contributed by atoms with Crippen molar-refractivity contribution in [3.63, 3.8) is 0 Å². The first-order valence-electron chi connectivity index (χ1n) is 7.71. The van der Waals surface area contributed by atoms with Crippen molar-refractivity contribution in [2.45, 2.75) is 66.0 Å². The third-order valence-corrected chi connectivity index (χ3v) is 5.01. The molecule has 1 N–H and O–H groups in total. The van der Waals surface area contributed by atoms with Crippen LogP contribution in [0.5, 0.6) is 0 Å². The van der Waals surface area contributed by atoms with Crippen LogP contribution in [0.2, 0.25) is 0 Å². The summed E-state index contributed by atoms with van der Waals surface area (Å²) in [6.45, 7) is 13.0. The average molecular weight is 298 g/mol. The molecule has 0 aliphatic carbocycles. The molecule has 0 amide bonds. The van der Waals surface area contributed by atoms with Crippen LogP contribution in [0, 0.1) is 5.92 Å². The molecule has 0 saturated carbocycles. The molecule has 0 fully saturated rings. The zero-order valence-corrected chi connectivity index (χ0v) is 14.7. The lowest BCUT2D eigenvalue weighted by Crippen LogP contribution is -2.23. The summed E-state index contributed by atoms with van der Waals surface area (Å²) in [6, 6.07) is 0. The van der Waals surface area contributed by atoms with E-state index in [1.54, 1.807) is 7.11 Å². The lowest BCUT2D eigenvalue weighted by molar-refractivity contribution is -0.00168. The molecular formula is C16H30N2OS.